The van der Waals surface area contributed by atoms with Crippen molar-refractivity contribution in [3.8, 4) is 0 Å². The van der Waals surface area contributed by atoms with Gasteiger partial charge in [0.1, 0.15) is 0 Å². The lowest BCUT2D eigenvalue weighted by atomic mass is 10.2. The Labute approximate surface area is 105 Å². The van der Waals surface area contributed by atoms with Crippen LogP contribution < -0.4 is 0 Å². The molecule has 0 fully saturated rings. The molecule has 0 atom stereocenters. The number of Topliss-reactive ketones (excluding diaryl/α,β-unsaturated/α-hetero) is 1. The fourth-order valence-corrected chi connectivity index (χ4v) is 3.34. The minimum atomic E-state index is 0.235. The summed E-state index contributed by atoms with van der Waals surface area (Å²) in [6.45, 7) is 0. The van der Waals surface area contributed by atoms with Crippen molar-refractivity contribution in [2.45, 2.75) is 12.8 Å². The maximum atomic E-state index is 11.7. The molecule has 2 aromatic heterocycles. The SMILES string of the molecule is O=C(CCc1cccs1)c1ccc(Br)s1. The van der Waals surface area contributed by atoms with Crippen molar-refractivity contribution in [3.63, 3.8) is 0 Å². The Bertz CT molecular complexity index is 445. The van der Waals surface area contributed by atoms with E-state index in [1.165, 1.54) is 16.2 Å². The van der Waals surface area contributed by atoms with Gasteiger partial charge < -0.3 is 0 Å². The van der Waals surface area contributed by atoms with Gasteiger partial charge in [-0.25, -0.2) is 0 Å². The molecule has 0 spiro atoms. The molecule has 0 aliphatic carbocycles. The predicted octanol–water partition coefficient (Wildman–Crippen LogP) is 4.39. The van der Waals surface area contributed by atoms with Crippen molar-refractivity contribution < 1.29 is 4.79 Å². The van der Waals surface area contributed by atoms with Gasteiger partial charge in [-0.1, -0.05) is 6.07 Å². The van der Waals surface area contributed by atoms with Gasteiger partial charge >= 0.3 is 0 Å². The van der Waals surface area contributed by atoms with Gasteiger partial charge in [-0.2, -0.15) is 0 Å². The summed E-state index contributed by atoms with van der Waals surface area (Å²) in [5.74, 6) is 0.235. The van der Waals surface area contributed by atoms with E-state index >= 15 is 0 Å². The third-order valence-corrected chi connectivity index (χ3v) is 4.63. The summed E-state index contributed by atoms with van der Waals surface area (Å²) in [6, 6.07) is 7.89. The molecule has 0 N–H and O–H groups in total. The molecule has 0 aromatic carbocycles. The van der Waals surface area contributed by atoms with Gasteiger partial charge in [0.15, 0.2) is 5.78 Å². The molecule has 0 amide bonds. The third kappa shape index (κ3) is 3.00. The molecule has 1 nitrogen and oxygen atoms in total. The standard InChI is InChI=1S/C11H9BrOS2/c12-11-6-5-10(15-11)9(13)4-3-8-2-1-7-14-8/h1-2,5-7H,3-4H2. The molecule has 2 heterocycles. The molecule has 15 heavy (non-hydrogen) atoms. The molecule has 4 heteroatoms. The topological polar surface area (TPSA) is 17.1 Å². The fourth-order valence-electron chi connectivity index (χ4n) is 1.28. The number of ketones is 1. The van der Waals surface area contributed by atoms with E-state index in [-0.39, 0.29) is 5.78 Å². The van der Waals surface area contributed by atoms with Crippen LogP contribution in [0.15, 0.2) is 33.4 Å². The van der Waals surface area contributed by atoms with Gasteiger partial charge in [0, 0.05) is 11.3 Å². The van der Waals surface area contributed by atoms with Crippen LogP contribution in [0.5, 0.6) is 0 Å². The summed E-state index contributed by atoms with van der Waals surface area (Å²) >= 11 is 6.57. The Balaban J connectivity index is 1.93. The maximum absolute atomic E-state index is 11.7. The first-order valence-electron chi connectivity index (χ1n) is 4.56. The second-order valence-electron chi connectivity index (χ2n) is 3.11. The van der Waals surface area contributed by atoms with Crippen molar-refractivity contribution in [3.05, 3.63) is 43.2 Å². The van der Waals surface area contributed by atoms with Crippen LogP contribution in [-0.4, -0.2) is 5.78 Å². The van der Waals surface area contributed by atoms with Crippen LogP contribution in [0.1, 0.15) is 21.0 Å². The second kappa shape index (κ2) is 5.05. The van der Waals surface area contributed by atoms with E-state index in [1.807, 2.05) is 23.6 Å². The summed E-state index contributed by atoms with van der Waals surface area (Å²) in [4.78, 5) is 13.9. The fraction of sp³-hybridized carbons (Fsp3) is 0.182. The summed E-state index contributed by atoms with van der Waals surface area (Å²) in [5.41, 5.74) is 0. The van der Waals surface area contributed by atoms with E-state index in [0.717, 1.165) is 15.1 Å². The smallest absolute Gasteiger partial charge is 0.173 e. The van der Waals surface area contributed by atoms with Crippen LogP contribution in [0, 0.1) is 0 Å². The average molecular weight is 301 g/mol. The average Bonchev–Trinajstić information content (AvgIpc) is 2.84. The van der Waals surface area contributed by atoms with Gasteiger partial charge in [0.2, 0.25) is 0 Å². The second-order valence-corrected chi connectivity index (χ2v) is 6.60. The van der Waals surface area contributed by atoms with Crippen molar-refractivity contribution in [2.75, 3.05) is 0 Å². The minimum Gasteiger partial charge on any atom is -0.293 e. The number of hydrogen-bond donors (Lipinski definition) is 0. The van der Waals surface area contributed by atoms with Crippen LogP contribution in [0.3, 0.4) is 0 Å². The highest BCUT2D eigenvalue weighted by Gasteiger charge is 2.08. The first-order valence-corrected chi connectivity index (χ1v) is 7.05. The Kier molecular flexibility index (Phi) is 3.72. The number of thiophene rings is 2. The lowest BCUT2D eigenvalue weighted by molar-refractivity contribution is 0.0987. The zero-order valence-electron chi connectivity index (χ0n) is 7.90. The highest BCUT2D eigenvalue weighted by atomic mass is 79.9. The summed E-state index contributed by atoms with van der Waals surface area (Å²) in [6.07, 6.45) is 1.46. The van der Waals surface area contributed by atoms with Gasteiger partial charge in [-0.3, -0.25) is 4.79 Å². The van der Waals surface area contributed by atoms with Crippen molar-refractivity contribution in [1.29, 1.82) is 0 Å². The molecule has 78 valence electrons. The minimum absolute atomic E-state index is 0.235. The molecule has 0 unspecified atom stereocenters. The number of halogens is 1. The van der Waals surface area contributed by atoms with Gasteiger partial charge in [-0.15, -0.1) is 22.7 Å². The molecule has 0 aliphatic heterocycles. The summed E-state index contributed by atoms with van der Waals surface area (Å²) in [5, 5.41) is 2.04. The van der Waals surface area contributed by atoms with E-state index < -0.39 is 0 Å². The molecule has 2 rings (SSSR count). The molecule has 2 aromatic rings. The number of hydrogen-bond acceptors (Lipinski definition) is 3. The highest BCUT2D eigenvalue weighted by Crippen LogP contribution is 2.23. The number of rotatable bonds is 4. The zero-order valence-corrected chi connectivity index (χ0v) is 11.1. The van der Waals surface area contributed by atoms with E-state index in [2.05, 4.69) is 22.0 Å². The highest BCUT2D eigenvalue weighted by molar-refractivity contribution is 9.11. The third-order valence-electron chi connectivity index (χ3n) is 2.03. The van der Waals surface area contributed by atoms with Gasteiger partial charge in [0.25, 0.3) is 0 Å². The lowest BCUT2D eigenvalue weighted by Crippen LogP contribution is -1.97. The van der Waals surface area contributed by atoms with Crippen molar-refractivity contribution >= 4 is 44.4 Å². The molecule has 0 radical (unpaired) electrons. The summed E-state index contributed by atoms with van der Waals surface area (Å²) in [7, 11) is 0. The van der Waals surface area contributed by atoms with Crippen LogP contribution in [0.25, 0.3) is 0 Å². The predicted molar refractivity (Wildman–Crippen MR) is 69.0 cm³/mol. The van der Waals surface area contributed by atoms with Gasteiger partial charge in [-0.05, 0) is 45.9 Å². The Morgan fingerprint density at radius 2 is 2.20 bits per heavy atom. The van der Waals surface area contributed by atoms with Crippen molar-refractivity contribution in [2.24, 2.45) is 0 Å². The van der Waals surface area contributed by atoms with E-state index in [0.29, 0.717) is 6.42 Å². The molecule has 0 saturated carbocycles. The molecule has 0 aliphatic rings. The normalized spacial score (nSPS) is 10.5. The molecular formula is C11H9BrOS2. The largest absolute Gasteiger partial charge is 0.293 e. The first kappa shape index (κ1) is 11.0. The number of carbonyl (C=O) groups excluding carboxylic acids is 1. The Morgan fingerprint density at radius 1 is 1.33 bits per heavy atom. The van der Waals surface area contributed by atoms with E-state index in [9.17, 15) is 4.79 Å². The van der Waals surface area contributed by atoms with Crippen LogP contribution in [0.4, 0.5) is 0 Å². The quantitative estimate of drug-likeness (QED) is 0.766. The summed E-state index contributed by atoms with van der Waals surface area (Å²) < 4.78 is 1.02. The zero-order chi connectivity index (χ0) is 10.7. The maximum Gasteiger partial charge on any atom is 0.173 e. The van der Waals surface area contributed by atoms with Crippen LogP contribution in [-0.2, 0) is 6.42 Å². The van der Waals surface area contributed by atoms with Crippen LogP contribution >= 0.6 is 38.6 Å². The van der Waals surface area contributed by atoms with Gasteiger partial charge in [0.05, 0.1) is 8.66 Å². The Morgan fingerprint density at radius 3 is 2.80 bits per heavy atom. The first-order chi connectivity index (χ1) is 7.25. The molecular weight excluding hydrogens is 292 g/mol. The molecule has 0 bridgehead atoms. The van der Waals surface area contributed by atoms with Crippen LogP contribution in [0.2, 0.25) is 0 Å². The monoisotopic (exact) mass is 300 g/mol. The Hall–Kier alpha value is -0.450. The lowest BCUT2D eigenvalue weighted by Gasteiger charge is -1.95. The van der Waals surface area contributed by atoms with E-state index in [4.69, 9.17) is 0 Å². The van der Waals surface area contributed by atoms with E-state index in [1.54, 1.807) is 11.3 Å². The number of carbonyl (C=O) groups is 1. The molecule has 0 saturated heterocycles. The van der Waals surface area contributed by atoms with Crippen molar-refractivity contribution in [1.82, 2.24) is 0 Å². The number of aryl methyl sites for hydroxylation is 1.